The molecule has 2 aliphatic rings. The predicted octanol–water partition coefficient (Wildman–Crippen LogP) is -0.208. The summed E-state index contributed by atoms with van der Waals surface area (Å²) in [5, 5.41) is 9.18. The average Bonchev–Trinajstić information content (AvgIpc) is 2.91. The number of ether oxygens (including phenoxy) is 2. The number of aliphatic hydroxyl groups excluding tert-OH is 1. The first-order chi connectivity index (χ1) is 8.79. The van der Waals surface area contributed by atoms with Gasteiger partial charge in [-0.05, 0) is 6.92 Å². The first kappa shape index (κ1) is 10.4. The Bertz CT molecular complexity index is 613. The SMILES string of the molecule is Cc1ncnc2c1ncn2[C@@H]1O[C@H](CO)C2OC21. The minimum absolute atomic E-state index is 0.000356. The van der Waals surface area contributed by atoms with Gasteiger partial charge in [-0.25, -0.2) is 15.0 Å². The van der Waals surface area contributed by atoms with Crippen LogP contribution in [-0.4, -0.2) is 49.5 Å². The molecule has 0 saturated carbocycles. The number of hydrogen-bond acceptors (Lipinski definition) is 6. The number of aryl methyl sites for hydroxylation is 1. The lowest BCUT2D eigenvalue weighted by Crippen LogP contribution is -2.22. The van der Waals surface area contributed by atoms with Gasteiger partial charge in [0.2, 0.25) is 0 Å². The van der Waals surface area contributed by atoms with Crippen molar-refractivity contribution in [2.45, 2.75) is 31.5 Å². The Labute approximate surface area is 102 Å². The van der Waals surface area contributed by atoms with Crippen LogP contribution in [-0.2, 0) is 9.47 Å². The van der Waals surface area contributed by atoms with Gasteiger partial charge >= 0.3 is 0 Å². The van der Waals surface area contributed by atoms with Gasteiger partial charge in [-0.15, -0.1) is 0 Å². The van der Waals surface area contributed by atoms with E-state index in [9.17, 15) is 5.11 Å². The second-order valence-corrected chi connectivity index (χ2v) is 4.60. The van der Waals surface area contributed by atoms with Gasteiger partial charge in [0.15, 0.2) is 11.9 Å². The molecule has 0 aliphatic carbocycles. The maximum atomic E-state index is 9.18. The van der Waals surface area contributed by atoms with Gasteiger partial charge in [-0.1, -0.05) is 0 Å². The van der Waals surface area contributed by atoms with Crippen LogP contribution in [0.4, 0.5) is 0 Å². The van der Waals surface area contributed by atoms with E-state index in [1.807, 2.05) is 11.5 Å². The third-order valence-electron chi connectivity index (χ3n) is 3.52. The molecule has 4 rings (SSSR count). The number of fused-ring (bicyclic) bond motifs is 2. The van der Waals surface area contributed by atoms with Crippen LogP contribution in [0.25, 0.3) is 11.2 Å². The minimum atomic E-state index is -0.258. The van der Waals surface area contributed by atoms with E-state index in [1.54, 1.807) is 6.33 Å². The molecule has 0 radical (unpaired) electrons. The molecule has 7 nitrogen and oxygen atoms in total. The van der Waals surface area contributed by atoms with Gasteiger partial charge in [-0.2, -0.15) is 0 Å². The van der Waals surface area contributed by atoms with E-state index in [0.29, 0.717) is 0 Å². The zero-order valence-corrected chi connectivity index (χ0v) is 9.72. The first-order valence-corrected chi connectivity index (χ1v) is 5.85. The van der Waals surface area contributed by atoms with Crippen LogP contribution in [0.2, 0.25) is 0 Å². The number of rotatable bonds is 2. The lowest BCUT2D eigenvalue weighted by Gasteiger charge is -2.17. The molecule has 2 aromatic heterocycles. The molecule has 4 heterocycles. The average molecular weight is 248 g/mol. The Morgan fingerprint density at radius 3 is 2.94 bits per heavy atom. The quantitative estimate of drug-likeness (QED) is 0.740. The molecule has 7 heteroatoms. The minimum Gasteiger partial charge on any atom is -0.394 e. The maximum absolute atomic E-state index is 9.18. The number of imidazole rings is 1. The molecule has 2 aliphatic heterocycles. The van der Waals surface area contributed by atoms with E-state index >= 15 is 0 Å². The summed E-state index contributed by atoms with van der Waals surface area (Å²) in [6, 6.07) is 0. The third kappa shape index (κ3) is 1.26. The zero-order chi connectivity index (χ0) is 12.3. The van der Waals surface area contributed by atoms with E-state index in [0.717, 1.165) is 16.9 Å². The molecular weight excluding hydrogens is 236 g/mol. The fourth-order valence-electron chi connectivity index (χ4n) is 2.52. The van der Waals surface area contributed by atoms with E-state index in [-0.39, 0.29) is 31.1 Å². The molecule has 2 aromatic rings. The van der Waals surface area contributed by atoms with Gasteiger partial charge < -0.3 is 14.6 Å². The Kier molecular flexibility index (Phi) is 2.00. The van der Waals surface area contributed by atoms with E-state index in [2.05, 4.69) is 15.0 Å². The van der Waals surface area contributed by atoms with E-state index in [4.69, 9.17) is 9.47 Å². The van der Waals surface area contributed by atoms with Crippen LogP contribution < -0.4 is 0 Å². The lowest BCUT2D eigenvalue weighted by molar-refractivity contribution is -0.0823. The smallest absolute Gasteiger partial charge is 0.166 e. The Morgan fingerprint density at radius 1 is 1.28 bits per heavy atom. The van der Waals surface area contributed by atoms with Crippen molar-refractivity contribution in [2.24, 2.45) is 0 Å². The normalized spacial score (nSPS) is 33.9. The van der Waals surface area contributed by atoms with Crippen molar-refractivity contribution >= 4 is 11.2 Å². The summed E-state index contributed by atoms with van der Waals surface area (Å²) in [7, 11) is 0. The Balaban J connectivity index is 1.78. The molecule has 0 bridgehead atoms. The number of nitrogens with zero attached hydrogens (tertiary/aromatic N) is 4. The topological polar surface area (TPSA) is 85.6 Å². The summed E-state index contributed by atoms with van der Waals surface area (Å²) < 4.78 is 13.1. The Hall–Kier alpha value is -1.57. The summed E-state index contributed by atoms with van der Waals surface area (Å²) in [6.07, 6.45) is 2.69. The van der Waals surface area contributed by atoms with Crippen LogP contribution in [0, 0.1) is 6.92 Å². The molecule has 0 spiro atoms. The number of hydrogen-bond donors (Lipinski definition) is 1. The van der Waals surface area contributed by atoms with Crippen molar-refractivity contribution in [1.29, 1.82) is 0 Å². The first-order valence-electron chi connectivity index (χ1n) is 5.85. The highest BCUT2D eigenvalue weighted by molar-refractivity contribution is 5.72. The van der Waals surface area contributed by atoms with Crippen molar-refractivity contribution in [3.8, 4) is 0 Å². The summed E-state index contributed by atoms with van der Waals surface area (Å²) in [5.41, 5.74) is 2.34. The van der Waals surface area contributed by atoms with Crippen molar-refractivity contribution in [3.05, 3.63) is 18.3 Å². The lowest BCUT2D eigenvalue weighted by atomic mass is 10.2. The molecule has 94 valence electrons. The summed E-state index contributed by atoms with van der Waals surface area (Å²) in [5.74, 6) is 0. The molecule has 0 amide bonds. The fraction of sp³-hybridized carbons (Fsp3) is 0.545. The monoisotopic (exact) mass is 248 g/mol. The molecule has 2 fully saturated rings. The van der Waals surface area contributed by atoms with E-state index < -0.39 is 0 Å². The number of epoxide rings is 1. The van der Waals surface area contributed by atoms with Crippen molar-refractivity contribution in [1.82, 2.24) is 19.5 Å². The second kappa shape index (κ2) is 3.47. The number of aliphatic hydroxyl groups is 1. The van der Waals surface area contributed by atoms with Crippen molar-refractivity contribution in [2.75, 3.05) is 6.61 Å². The van der Waals surface area contributed by atoms with Gasteiger partial charge in [0.25, 0.3) is 0 Å². The predicted molar refractivity (Wildman–Crippen MR) is 59.7 cm³/mol. The van der Waals surface area contributed by atoms with Crippen molar-refractivity contribution in [3.63, 3.8) is 0 Å². The Morgan fingerprint density at radius 2 is 2.17 bits per heavy atom. The van der Waals surface area contributed by atoms with Gasteiger partial charge in [0.05, 0.1) is 18.6 Å². The molecule has 2 unspecified atom stereocenters. The zero-order valence-electron chi connectivity index (χ0n) is 9.72. The van der Waals surface area contributed by atoms with Crippen LogP contribution in [0.1, 0.15) is 11.9 Å². The highest BCUT2D eigenvalue weighted by atomic mass is 16.7. The van der Waals surface area contributed by atoms with Crippen LogP contribution in [0.3, 0.4) is 0 Å². The summed E-state index contributed by atoms with van der Waals surface area (Å²) in [4.78, 5) is 12.7. The molecule has 1 N–H and O–H groups in total. The molecule has 2 saturated heterocycles. The largest absolute Gasteiger partial charge is 0.394 e. The fourth-order valence-corrected chi connectivity index (χ4v) is 2.52. The molecular formula is C11H12N4O3. The second-order valence-electron chi connectivity index (χ2n) is 4.60. The third-order valence-corrected chi connectivity index (χ3v) is 3.52. The molecule has 4 atom stereocenters. The van der Waals surface area contributed by atoms with Crippen molar-refractivity contribution < 1.29 is 14.6 Å². The van der Waals surface area contributed by atoms with Gasteiger partial charge in [-0.3, -0.25) is 4.57 Å². The highest BCUT2D eigenvalue weighted by Gasteiger charge is 2.58. The maximum Gasteiger partial charge on any atom is 0.166 e. The highest BCUT2D eigenvalue weighted by Crippen LogP contribution is 2.45. The standard InChI is InChI=1S/C11H12N4O3/c1-5-7-10(13-3-12-5)15(4-14-7)11-9-8(18-9)6(2-16)17-11/h3-4,6,8-9,11,16H,2H2,1H3/t6-,8?,9?,11-/m1/s1. The van der Waals surface area contributed by atoms with Crippen LogP contribution in [0.15, 0.2) is 12.7 Å². The molecule has 0 aromatic carbocycles. The van der Waals surface area contributed by atoms with Crippen LogP contribution in [0.5, 0.6) is 0 Å². The molecule has 18 heavy (non-hydrogen) atoms. The summed E-state index contributed by atoms with van der Waals surface area (Å²) >= 11 is 0. The van der Waals surface area contributed by atoms with Gasteiger partial charge in [0, 0.05) is 0 Å². The van der Waals surface area contributed by atoms with Crippen LogP contribution >= 0.6 is 0 Å². The number of aromatic nitrogens is 4. The van der Waals surface area contributed by atoms with Gasteiger partial charge in [0.1, 0.15) is 30.2 Å². The summed E-state index contributed by atoms with van der Waals surface area (Å²) in [6.45, 7) is 1.86. The van der Waals surface area contributed by atoms with E-state index in [1.165, 1.54) is 6.33 Å².